The van der Waals surface area contributed by atoms with E-state index in [4.69, 9.17) is 21.4 Å². The average molecular weight is 319 g/mol. The van der Waals surface area contributed by atoms with E-state index < -0.39 is 0 Å². The quantitative estimate of drug-likeness (QED) is 0.782. The summed E-state index contributed by atoms with van der Waals surface area (Å²) in [5.74, 6) is 1.52. The molecule has 3 aromatic heterocycles. The topological polar surface area (TPSA) is 71.3 Å². The molecule has 0 amide bonds. The fourth-order valence-corrected chi connectivity index (χ4v) is 2.93. The Morgan fingerprint density at radius 2 is 2.36 bits per heavy atom. The van der Waals surface area contributed by atoms with Crippen LogP contribution in [0.4, 0.5) is 5.82 Å². The molecule has 1 aliphatic rings. The maximum atomic E-state index is 6.42. The van der Waals surface area contributed by atoms with Crippen molar-refractivity contribution in [3.8, 4) is 11.5 Å². The number of hydrogen-bond acceptors (Lipinski definition) is 5. The molecule has 1 saturated heterocycles. The van der Waals surface area contributed by atoms with Gasteiger partial charge in [0.2, 0.25) is 0 Å². The van der Waals surface area contributed by atoms with Gasteiger partial charge in [-0.15, -0.1) is 5.10 Å². The number of nitrogens with one attached hydrogen (secondary N) is 1. The zero-order valence-corrected chi connectivity index (χ0v) is 12.8. The first kappa shape index (κ1) is 13.5. The van der Waals surface area contributed by atoms with Gasteiger partial charge in [-0.1, -0.05) is 11.6 Å². The number of anilines is 1. The smallest absolute Gasteiger partial charge is 0.179 e. The Bertz CT molecular complexity index is 799. The second kappa shape index (κ2) is 5.26. The van der Waals surface area contributed by atoms with Crippen LogP contribution in [0.1, 0.15) is 6.92 Å². The van der Waals surface area contributed by atoms with Crippen molar-refractivity contribution in [2.24, 2.45) is 0 Å². The molecule has 1 fully saturated rings. The summed E-state index contributed by atoms with van der Waals surface area (Å²) in [7, 11) is 0. The molecule has 0 spiro atoms. The number of halogens is 1. The Morgan fingerprint density at radius 3 is 3.14 bits per heavy atom. The number of rotatable bonds is 2. The van der Waals surface area contributed by atoms with E-state index in [1.54, 1.807) is 16.9 Å². The minimum absolute atomic E-state index is 0.258. The molecule has 0 radical (unpaired) electrons. The van der Waals surface area contributed by atoms with Crippen molar-refractivity contribution in [2.75, 3.05) is 24.7 Å². The average Bonchev–Trinajstić information content (AvgIpc) is 3.16. The van der Waals surface area contributed by atoms with Gasteiger partial charge >= 0.3 is 0 Å². The number of H-pyrrole nitrogens is 1. The van der Waals surface area contributed by atoms with Gasteiger partial charge in [-0.25, -0.2) is 9.50 Å². The first-order chi connectivity index (χ1) is 10.7. The molecular formula is C14H15ClN6O. The van der Waals surface area contributed by atoms with Gasteiger partial charge in [-0.2, -0.15) is 5.10 Å². The Hall–Kier alpha value is -2.12. The van der Waals surface area contributed by atoms with Crippen molar-refractivity contribution >= 4 is 22.9 Å². The molecule has 4 heterocycles. The van der Waals surface area contributed by atoms with Gasteiger partial charge < -0.3 is 9.64 Å². The van der Waals surface area contributed by atoms with E-state index >= 15 is 0 Å². The maximum Gasteiger partial charge on any atom is 0.179 e. The molecular weight excluding hydrogens is 304 g/mol. The zero-order chi connectivity index (χ0) is 15.1. The van der Waals surface area contributed by atoms with Crippen LogP contribution in [0.5, 0.6) is 0 Å². The van der Waals surface area contributed by atoms with Crippen LogP contribution in [0, 0.1) is 0 Å². The van der Waals surface area contributed by atoms with E-state index in [2.05, 4.69) is 27.0 Å². The third kappa shape index (κ3) is 2.13. The van der Waals surface area contributed by atoms with E-state index in [0.717, 1.165) is 23.6 Å². The van der Waals surface area contributed by atoms with Crippen LogP contribution in [-0.4, -0.2) is 50.6 Å². The highest BCUT2D eigenvalue weighted by Crippen LogP contribution is 2.27. The van der Waals surface area contributed by atoms with Crippen molar-refractivity contribution in [2.45, 2.75) is 13.0 Å². The summed E-state index contributed by atoms with van der Waals surface area (Å²) in [5, 5.41) is 12.2. The van der Waals surface area contributed by atoms with Gasteiger partial charge in [-0.3, -0.25) is 5.10 Å². The van der Waals surface area contributed by atoms with Crippen LogP contribution in [0.25, 0.3) is 17.0 Å². The number of imidazole rings is 1. The molecule has 4 rings (SSSR count). The summed E-state index contributed by atoms with van der Waals surface area (Å²) >= 11 is 6.42. The first-order valence-electron chi connectivity index (χ1n) is 7.12. The number of hydrogen-bond donors (Lipinski definition) is 1. The zero-order valence-electron chi connectivity index (χ0n) is 12.0. The molecule has 0 unspecified atom stereocenters. The van der Waals surface area contributed by atoms with E-state index in [9.17, 15) is 0 Å². The van der Waals surface area contributed by atoms with Crippen molar-refractivity contribution in [3.63, 3.8) is 0 Å². The SMILES string of the molecule is C[C@@H]1COCCN1c1cc(Cl)c2cnc(-c3ccn[nH]3)n2n1. The second-order valence-corrected chi connectivity index (χ2v) is 5.72. The number of aromatic amines is 1. The standard InChI is InChI=1S/C14H15ClN6O/c1-9-8-22-5-4-20(9)13-6-10(15)12-7-16-14(21(12)19-13)11-2-3-17-18-11/h2-3,6-7,9H,4-5,8H2,1H3,(H,17,18)/t9-/m1/s1. The molecule has 0 aromatic carbocycles. The second-order valence-electron chi connectivity index (χ2n) is 5.32. The number of morpholine rings is 1. The van der Waals surface area contributed by atoms with E-state index in [1.165, 1.54) is 0 Å². The van der Waals surface area contributed by atoms with Crippen molar-refractivity contribution in [1.82, 2.24) is 24.8 Å². The van der Waals surface area contributed by atoms with Gasteiger partial charge in [0.05, 0.1) is 30.5 Å². The van der Waals surface area contributed by atoms with Crippen LogP contribution in [0.2, 0.25) is 5.02 Å². The largest absolute Gasteiger partial charge is 0.377 e. The highest BCUT2D eigenvalue weighted by Gasteiger charge is 2.22. The summed E-state index contributed by atoms with van der Waals surface area (Å²) in [5.41, 5.74) is 1.58. The van der Waals surface area contributed by atoms with Gasteiger partial charge in [-0.05, 0) is 13.0 Å². The summed E-state index contributed by atoms with van der Waals surface area (Å²) in [6, 6.07) is 4.00. The predicted octanol–water partition coefficient (Wildman–Crippen LogP) is 2.00. The number of nitrogens with zero attached hydrogens (tertiary/aromatic N) is 5. The fraction of sp³-hybridized carbons (Fsp3) is 0.357. The number of fused-ring (bicyclic) bond motifs is 1. The van der Waals surface area contributed by atoms with Crippen molar-refractivity contribution < 1.29 is 4.74 Å². The van der Waals surface area contributed by atoms with Crippen LogP contribution >= 0.6 is 11.6 Å². The van der Waals surface area contributed by atoms with Crippen LogP contribution in [0.3, 0.4) is 0 Å². The Morgan fingerprint density at radius 1 is 1.45 bits per heavy atom. The molecule has 7 nitrogen and oxygen atoms in total. The lowest BCUT2D eigenvalue weighted by molar-refractivity contribution is 0.0984. The molecule has 0 bridgehead atoms. The number of aromatic nitrogens is 5. The summed E-state index contributed by atoms with van der Waals surface area (Å²) in [6.45, 7) is 4.29. The molecule has 22 heavy (non-hydrogen) atoms. The monoisotopic (exact) mass is 318 g/mol. The Kier molecular flexibility index (Phi) is 3.24. The lowest BCUT2D eigenvalue weighted by atomic mass is 10.2. The fourth-order valence-electron chi connectivity index (χ4n) is 2.70. The minimum Gasteiger partial charge on any atom is -0.377 e. The third-order valence-electron chi connectivity index (χ3n) is 3.84. The summed E-state index contributed by atoms with van der Waals surface area (Å²) in [6.07, 6.45) is 3.41. The van der Waals surface area contributed by atoms with E-state index in [0.29, 0.717) is 24.1 Å². The molecule has 0 aliphatic carbocycles. The third-order valence-corrected chi connectivity index (χ3v) is 4.15. The van der Waals surface area contributed by atoms with Gasteiger partial charge in [0.1, 0.15) is 11.2 Å². The van der Waals surface area contributed by atoms with Crippen molar-refractivity contribution in [1.29, 1.82) is 0 Å². The molecule has 0 saturated carbocycles. The van der Waals surface area contributed by atoms with Crippen LogP contribution in [0.15, 0.2) is 24.5 Å². The van der Waals surface area contributed by atoms with Gasteiger partial charge in [0.25, 0.3) is 0 Å². The molecule has 1 atom stereocenters. The molecule has 3 aromatic rings. The lowest BCUT2D eigenvalue weighted by Crippen LogP contribution is -2.44. The lowest BCUT2D eigenvalue weighted by Gasteiger charge is -2.34. The summed E-state index contributed by atoms with van der Waals surface area (Å²) < 4.78 is 7.24. The Labute approximate surface area is 131 Å². The minimum atomic E-state index is 0.258. The normalized spacial score (nSPS) is 19.0. The molecule has 8 heteroatoms. The highest BCUT2D eigenvalue weighted by molar-refractivity contribution is 6.34. The van der Waals surface area contributed by atoms with Crippen LogP contribution < -0.4 is 4.90 Å². The van der Waals surface area contributed by atoms with Gasteiger partial charge in [0.15, 0.2) is 11.6 Å². The predicted molar refractivity (Wildman–Crippen MR) is 83.2 cm³/mol. The Balaban J connectivity index is 1.85. The first-order valence-corrected chi connectivity index (χ1v) is 7.50. The highest BCUT2D eigenvalue weighted by atomic mass is 35.5. The molecule has 1 N–H and O–H groups in total. The van der Waals surface area contributed by atoms with Crippen molar-refractivity contribution in [3.05, 3.63) is 29.5 Å². The van der Waals surface area contributed by atoms with Crippen LogP contribution in [-0.2, 0) is 4.74 Å². The van der Waals surface area contributed by atoms with E-state index in [1.807, 2.05) is 12.1 Å². The molecule has 1 aliphatic heterocycles. The maximum absolute atomic E-state index is 6.42. The van der Waals surface area contributed by atoms with E-state index in [-0.39, 0.29) is 6.04 Å². The summed E-state index contributed by atoms with van der Waals surface area (Å²) in [4.78, 5) is 6.61. The number of ether oxygens (including phenoxy) is 1. The molecule has 114 valence electrons. The van der Waals surface area contributed by atoms with Gasteiger partial charge in [0, 0.05) is 18.8 Å².